The normalized spacial score (nSPS) is 17.6. The van der Waals surface area contributed by atoms with Gasteiger partial charge in [-0.15, -0.1) is 0 Å². The molecule has 1 fully saturated rings. The standard InChI is InChI=1S/C32H39FN8O3S/c1-19(2)22(5)25-13-23-15-36-32(38-24-7-8-28(26(33)14-24)40-16-20(3)37-21(4)17-40)39-29(23)41(31(25)42)18-27-30(35-10-9-34-27)45(43)12-11-44-6/h7-10,13-15,19-21,37H,5,11-12,16-18H2,1-4,6H3,(H,36,38,39). The highest BCUT2D eigenvalue weighted by Crippen LogP contribution is 2.27. The quantitative estimate of drug-likeness (QED) is 0.232. The second-order valence-corrected chi connectivity index (χ2v) is 13.1. The van der Waals surface area contributed by atoms with Crippen LogP contribution in [0.4, 0.5) is 21.7 Å². The Bertz CT molecular complexity index is 1740. The molecule has 0 radical (unpaired) electrons. The molecule has 0 aliphatic carbocycles. The number of aromatic nitrogens is 5. The van der Waals surface area contributed by atoms with Crippen LogP contribution in [0.3, 0.4) is 0 Å². The van der Waals surface area contributed by atoms with Gasteiger partial charge in [0.2, 0.25) is 5.95 Å². The van der Waals surface area contributed by atoms with Crippen LogP contribution in [-0.4, -0.2) is 73.7 Å². The van der Waals surface area contributed by atoms with E-state index in [1.807, 2.05) is 18.7 Å². The Labute approximate surface area is 265 Å². The lowest BCUT2D eigenvalue weighted by atomic mass is 9.97. The second-order valence-electron chi connectivity index (χ2n) is 11.6. The smallest absolute Gasteiger partial charge is 0.268 e. The summed E-state index contributed by atoms with van der Waals surface area (Å²) in [4.78, 5) is 33.9. The lowest BCUT2D eigenvalue weighted by Gasteiger charge is -2.37. The monoisotopic (exact) mass is 634 g/mol. The Kier molecular flexibility index (Phi) is 10.1. The van der Waals surface area contributed by atoms with Crippen molar-refractivity contribution in [2.75, 3.05) is 42.8 Å². The average molecular weight is 635 g/mol. The Morgan fingerprint density at radius 2 is 1.93 bits per heavy atom. The molecule has 1 aromatic carbocycles. The van der Waals surface area contributed by atoms with E-state index in [2.05, 4.69) is 51.0 Å². The maximum Gasteiger partial charge on any atom is 0.268 e. The molecule has 3 atom stereocenters. The molecule has 4 aromatic rings. The molecule has 0 amide bonds. The average Bonchev–Trinajstić information content (AvgIpc) is 3.00. The summed E-state index contributed by atoms with van der Waals surface area (Å²) >= 11 is -1.49. The zero-order valence-corrected chi connectivity index (χ0v) is 27.0. The van der Waals surface area contributed by atoms with E-state index in [4.69, 9.17) is 4.74 Å². The van der Waals surface area contributed by atoms with Crippen molar-refractivity contribution in [3.05, 3.63) is 76.9 Å². The van der Waals surface area contributed by atoms with Gasteiger partial charge in [-0.25, -0.2) is 14.4 Å². The van der Waals surface area contributed by atoms with Crippen molar-refractivity contribution >= 4 is 45.1 Å². The number of hydrogen-bond donors (Lipinski definition) is 2. The van der Waals surface area contributed by atoms with E-state index in [0.717, 1.165) is 0 Å². The van der Waals surface area contributed by atoms with Crippen LogP contribution in [0.25, 0.3) is 16.6 Å². The summed E-state index contributed by atoms with van der Waals surface area (Å²) in [7, 11) is 1.54. The Morgan fingerprint density at radius 3 is 2.62 bits per heavy atom. The van der Waals surface area contributed by atoms with Crippen LogP contribution in [0.5, 0.6) is 0 Å². The number of anilines is 3. The number of benzene rings is 1. The zero-order chi connectivity index (χ0) is 32.2. The number of nitrogens with one attached hydrogen (secondary N) is 2. The molecule has 45 heavy (non-hydrogen) atoms. The number of methoxy groups -OCH3 is 1. The van der Waals surface area contributed by atoms with Crippen LogP contribution in [-0.2, 0) is 22.5 Å². The molecule has 1 saturated heterocycles. The number of halogens is 1. The summed E-state index contributed by atoms with van der Waals surface area (Å²) in [5.74, 6) is 0.0862. The van der Waals surface area contributed by atoms with Crippen molar-refractivity contribution in [1.29, 1.82) is 0 Å². The molecule has 2 N–H and O–H groups in total. The number of rotatable bonds is 11. The minimum Gasteiger partial charge on any atom is -0.610 e. The van der Waals surface area contributed by atoms with Crippen molar-refractivity contribution in [3.8, 4) is 0 Å². The largest absolute Gasteiger partial charge is 0.610 e. The topological polar surface area (TPSA) is 133 Å². The Balaban J connectivity index is 1.52. The van der Waals surface area contributed by atoms with Gasteiger partial charge in [-0.1, -0.05) is 20.4 Å². The summed E-state index contributed by atoms with van der Waals surface area (Å²) in [5.41, 5.74) is 2.50. The molecule has 3 unspecified atom stereocenters. The highest BCUT2D eigenvalue weighted by Gasteiger charge is 2.24. The first kappa shape index (κ1) is 32.5. The van der Waals surface area contributed by atoms with E-state index in [9.17, 15) is 9.35 Å². The number of allylic oxidation sites excluding steroid dienone is 1. The van der Waals surface area contributed by atoms with E-state index in [0.29, 0.717) is 52.3 Å². The summed E-state index contributed by atoms with van der Waals surface area (Å²) in [6.07, 6.45) is 4.58. The van der Waals surface area contributed by atoms with Crippen molar-refractivity contribution in [3.63, 3.8) is 0 Å². The summed E-state index contributed by atoms with van der Waals surface area (Å²) in [6, 6.07) is 7.19. The second kappa shape index (κ2) is 14.0. The van der Waals surface area contributed by atoms with Gasteiger partial charge in [-0.2, -0.15) is 4.98 Å². The minimum absolute atomic E-state index is 0.0181. The first-order valence-corrected chi connectivity index (χ1v) is 16.2. The van der Waals surface area contributed by atoms with Gasteiger partial charge >= 0.3 is 0 Å². The molecular weight excluding hydrogens is 595 g/mol. The van der Waals surface area contributed by atoms with Gasteiger partial charge in [-0.3, -0.25) is 14.3 Å². The van der Waals surface area contributed by atoms with Crippen molar-refractivity contribution in [1.82, 2.24) is 29.8 Å². The van der Waals surface area contributed by atoms with Gasteiger partial charge < -0.3 is 24.8 Å². The van der Waals surface area contributed by atoms with Crippen LogP contribution >= 0.6 is 0 Å². The number of nitrogens with zero attached hydrogens (tertiary/aromatic N) is 6. The third-order valence-corrected chi connectivity index (χ3v) is 9.01. The molecule has 1 aliphatic rings. The maximum atomic E-state index is 15.3. The van der Waals surface area contributed by atoms with Gasteiger partial charge in [0.05, 0.1) is 25.0 Å². The number of ether oxygens (including phenoxy) is 1. The molecule has 0 spiro atoms. The minimum atomic E-state index is -1.49. The van der Waals surface area contributed by atoms with Crippen molar-refractivity contribution < 1.29 is 13.7 Å². The summed E-state index contributed by atoms with van der Waals surface area (Å²) in [6.45, 7) is 13.9. The molecule has 0 bridgehead atoms. The van der Waals surface area contributed by atoms with E-state index < -0.39 is 11.2 Å². The molecule has 4 heterocycles. The Morgan fingerprint density at radius 1 is 1.20 bits per heavy atom. The zero-order valence-electron chi connectivity index (χ0n) is 26.2. The molecule has 11 nitrogen and oxygen atoms in total. The van der Waals surface area contributed by atoms with Crippen LogP contribution in [0, 0.1) is 11.7 Å². The summed E-state index contributed by atoms with van der Waals surface area (Å²) in [5, 5.41) is 7.43. The van der Waals surface area contributed by atoms with Gasteiger partial charge in [0, 0.05) is 72.5 Å². The third kappa shape index (κ3) is 7.33. The van der Waals surface area contributed by atoms with Crippen molar-refractivity contribution in [2.24, 2.45) is 5.92 Å². The first-order valence-electron chi connectivity index (χ1n) is 14.9. The fraction of sp³-hybridized carbons (Fsp3) is 0.406. The molecule has 1 aliphatic heterocycles. The Hall–Kier alpha value is -3.91. The number of fused-ring (bicyclic) bond motifs is 1. The third-order valence-electron chi connectivity index (χ3n) is 7.70. The van der Waals surface area contributed by atoms with Gasteiger partial charge in [0.25, 0.3) is 10.6 Å². The van der Waals surface area contributed by atoms with E-state index in [1.54, 1.807) is 24.4 Å². The molecule has 238 valence electrons. The predicted molar refractivity (Wildman–Crippen MR) is 176 cm³/mol. The van der Waals surface area contributed by atoms with Crippen LogP contribution in [0.1, 0.15) is 39.0 Å². The van der Waals surface area contributed by atoms with E-state index in [1.165, 1.54) is 30.1 Å². The highest BCUT2D eigenvalue weighted by atomic mass is 32.2. The predicted octanol–water partition coefficient (Wildman–Crippen LogP) is 4.12. The SMILES string of the molecule is C=C(c1cc2cnc(Nc3ccc(N4CC(C)NC(C)C4)c(F)c3)nc2n(Cc2nccnc2[S+]([O-])CCOC)c1=O)C(C)C. The fourth-order valence-corrected chi connectivity index (χ4v) is 6.53. The number of pyridine rings is 1. The van der Waals surface area contributed by atoms with E-state index >= 15 is 4.39 Å². The first-order chi connectivity index (χ1) is 21.5. The van der Waals surface area contributed by atoms with Crippen LogP contribution < -0.4 is 21.1 Å². The van der Waals surface area contributed by atoms with Crippen LogP contribution in [0.15, 0.2) is 59.3 Å². The maximum absolute atomic E-state index is 15.3. The summed E-state index contributed by atoms with van der Waals surface area (Å²) < 4.78 is 34.9. The number of hydrogen-bond acceptors (Lipinski definition) is 10. The lowest BCUT2D eigenvalue weighted by molar-refractivity contribution is 0.217. The number of piperazine rings is 1. The van der Waals surface area contributed by atoms with E-state index in [-0.39, 0.29) is 59.3 Å². The molecule has 13 heteroatoms. The van der Waals surface area contributed by atoms with Gasteiger partial charge in [-0.05, 0) is 49.6 Å². The highest BCUT2D eigenvalue weighted by molar-refractivity contribution is 7.91. The van der Waals surface area contributed by atoms with Gasteiger partial charge in [0.15, 0.2) is 0 Å². The molecule has 3 aromatic heterocycles. The fourth-order valence-electron chi connectivity index (χ4n) is 5.46. The molecular formula is C32H39FN8O3S. The van der Waals surface area contributed by atoms with Gasteiger partial charge in [0.1, 0.15) is 22.9 Å². The molecule has 5 rings (SSSR count). The van der Waals surface area contributed by atoms with Crippen LogP contribution in [0.2, 0.25) is 0 Å². The van der Waals surface area contributed by atoms with Crippen molar-refractivity contribution in [2.45, 2.75) is 51.3 Å². The lowest BCUT2D eigenvalue weighted by Crippen LogP contribution is -2.54. The molecule has 0 saturated carbocycles.